The van der Waals surface area contributed by atoms with Crippen molar-refractivity contribution in [3.8, 4) is 0 Å². The first-order chi connectivity index (χ1) is 13.5. The van der Waals surface area contributed by atoms with E-state index in [0.29, 0.717) is 39.4 Å². The first kappa shape index (κ1) is 17.9. The van der Waals surface area contributed by atoms with Crippen LogP contribution in [0.1, 0.15) is 67.5 Å². The van der Waals surface area contributed by atoms with Gasteiger partial charge in [-0.25, -0.2) is 0 Å². The lowest BCUT2D eigenvalue weighted by Crippen LogP contribution is -2.21. The van der Waals surface area contributed by atoms with Crippen molar-refractivity contribution in [3.63, 3.8) is 0 Å². The number of ketones is 2. The van der Waals surface area contributed by atoms with Gasteiger partial charge in [-0.2, -0.15) is 0 Å². The molecule has 3 aromatic rings. The number of amides is 1. The van der Waals surface area contributed by atoms with E-state index in [1.807, 2.05) is 12.1 Å². The van der Waals surface area contributed by atoms with E-state index < -0.39 is 0 Å². The molecule has 0 unspecified atom stereocenters. The Morgan fingerprint density at radius 3 is 1.93 bits per heavy atom. The fourth-order valence-electron chi connectivity index (χ4n) is 3.40. The van der Waals surface area contributed by atoms with Gasteiger partial charge in [0.25, 0.3) is 5.91 Å². The second kappa shape index (κ2) is 6.89. The molecule has 3 aromatic carbocycles. The number of anilines is 1. The Kier molecular flexibility index (Phi) is 4.40. The summed E-state index contributed by atoms with van der Waals surface area (Å²) in [5.41, 5.74) is 3.68. The van der Waals surface area contributed by atoms with Crippen molar-refractivity contribution in [3.05, 3.63) is 100 Å². The third kappa shape index (κ3) is 3.03. The summed E-state index contributed by atoms with van der Waals surface area (Å²) in [5, 5.41) is 2.81. The predicted octanol–water partition coefficient (Wildman–Crippen LogP) is 4.84. The minimum absolute atomic E-state index is 0.174. The number of carbonyl (C=O) groups is 3. The van der Waals surface area contributed by atoms with E-state index in [2.05, 4.69) is 19.2 Å². The van der Waals surface area contributed by atoms with Gasteiger partial charge in [0.2, 0.25) is 0 Å². The molecule has 1 aliphatic rings. The second-order valence-electron chi connectivity index (χ2n) is 7.20. The molecule has 0 saturated carbocycles. The van der Waals surface area contributed by atoms with Gasteiger partial charge < -0.3 is 5.32 Å². The lowest BCUT2D eigenvalue weighted by atomic mass is 9.84. The van der Waals surface area contributed by atoms with E-state index in [4.69, 9.17) is 0 Å². The van der Waals surface area contributed by atoms with Crippen molar-refractivity contribution in [2.24, 2.45) is 0 Å². The highest BCUT2D eigenvalue weighted by atomic mass is 16.2. The SMILES string of the molecule is CC(C)c1ccc(C(=O)Nc2ccc3c(c2)C(=O)c2ccccc2C3=O)cc1. The summed E-state index contributed by atoms with van der Waals surface area (Å²) in [7, 11) is 0. The van der Waals surface area contributed by atoms with Gasteiger partial charge in [-0.1, -0.05) is 50.2 Å². The summed E-state index contributed by atoms with van der Waals surface area (Å²) < 4.78 is 0. The molecule has 0 aliphatic heterocycles. The fourth-order valence-corrected chi connectivity index (χ4v) is 3.40. The highest BCUT2D eigenvalue weighted by Gasteiger charge is 2.29. The van der Waals surface area contributed by atoms with E-state index in [1.165, 1.54) is 0 Å². The van der Waals surface area contributed by atoms with Crippen LogP contribution in [0.3, 0.4) is 0 Å². The lowest BCUT2D eigenvalue weighted by Gasteiger charge is -2.18. The first-order valence-corrected chi connectivity index (χ1v) is 9.19. The maximum Gasteiger partial charge on any atom is 0.255 e. The highest BCUT2D eigenvalue weighted by Crippen LogP contribution is 2.29. The van der Waals surface area contributed by atoms with E-state index >= 15 is 0 Å². The van der Waals surface area contributed by atoms with Gasteiger partial charge in [0.05, 0.1) is 0 Å². The van der Waals surface area contributed by atoms with Crippen molar-refractivity contribution >= 4 is 23.2 Å². The van der Waals surface area contributed by atoms with Gasteiger partial charge in [0, 0.05) is 33.5 Å². The Hall–Kier alpha value is -3.53. The molecule has 0 bridgehead atoms. The van der Waals surface area contributed by atoms with Gasteiger partial charge in [-0.3, -0.25) is 14.4 Å². The van der Waals surface area contributed by atoms with Gasteiger partial charge >= 0.3 is 0 Å². The van der Waals surface area contributed by atoms with Gasteiger partial charge in [-0.05, 0) is 41.8 Å². The van der Waals surface area contributed by atoms with Crippen molar-refractivity contribution in [1.82, 2.24) is 0 Å². The number of hydrogen-bond donors (Lipinski definition) is 1. The molecule has 0 fully saturated rings. The van der Waals surface area contributed by atoms with E-state index in [0.717, 1.165) is 5.56 Å². The van der Waals surface area contributed by atoms with Crippen molar-refractivity contribution in [2.75, 3.05) is 5.32 Å². The zero-order valence-corrected chi connectivity index (χ0v) is 15.7. The van der Waals surface area contributed by atoms with Crippen LogP contribution in [-0.4, -0.2) is 17.5 Å². The van der Waals surface area contributed by atoms with Crippen LogP contribution in [0.5, 0.6) is 0 Å². The van der Waals surface area contributed by atoms with Gasteiger partial charge in [-0.15, -0.1) is 0 Å². The first-order valence-electron chi connectivity index (χ1n) is 9.19. The van der Waals surface area contributed by atoms with Crippen LogP contribution in [0, 0.1) is 0 Å². The lowest BCUT2D eigenvalue weighted by molar-refractivity contribution is 0.0979. The summed E-state index contributed by atoms with van der Waals surface area (Å²) in [5.74, 6) is -0.246. The Morgan fingerprint density at radius 1 is 0.750 bits per heavy atom. The molecule has 0 saturated heterocycles. The molecule has 28 heavy (non-hydrogen) atoms. The summed E-state index contributed by atoms with van der Waals surface area (Å²) in [6, 6.07) is 19.1. The quantitative estimate of drug-likeness (QED) is 0.562. The van der Waals surface area contributed by atoms with Crippen LogP contribution >= 0.6 is 0 Å². The Balaban J connectivity index is 1.62. The summed E-state index contributed by atoms with van der Waals surface area (Å²) in [4.78, 5) is 38.0. The van der Waals surface area contributed by atoms with Crippen LogP contribution in [0.2, 0.25) is 0 Å². The smallest absolute Gasteiger partial charge is 0.255 e. The van der Waals surface area contributed by atoms with Crippen LogP contribution in [-0.2, 0) is 0 Å². The molecule has 0 heterocycles. The fraction of sp³-hybridized carbons (Fsp3) is 0.125. The van der Waals surface area contributed by atoms with Crippen molar-refractivity contribution < 1.29 is 14.4 Å². The average Bonchev–Trinajstić information content (AvgIpc) is 2.72. The molecule has 1 aliphatic carbocycles. The number of benzene rings is 3. The normalized spacial score (nSPS) is 12.5. The van der Waals surface area contributed by atoms with E-state index in [1.54, 1.807) is 54.6 Å². The molecule has 0 spiro atoms. The topological polar surface area (TPSA) is 63.2 Å². The standard InChI is InChI=1S/C24H19NO3/c1-14(2)15-7-9-16(10-8-15)24(28)25-17-11-12-20-21(13-17)23(27)19-6-4-3-5-18(19)22(20)26/h3-14H,1-2H3,(H,25,28). The average molecular weight is 369 g/mol. The van der Waals surface area contributed by atoms with E-state index in [-0.39, 0.29) is 17.5 Å². The highest BCUT2D eigenvalue weighted by molar-refractivity contribution is 6.28. The zero-order chi connectivity index (χ0) is 19.8. The molecule has 4 nitrogen and oxygen atoms in total. The molecule has 4 rings (SSSR count). The summed E-state index contributed by atoms with van der Waals surface area (Å²) in [6.45, 7) is 4.19. The Labute approximate surface area is 163 Å². The molecule has 1 amide bonds. The summed E-state index contributed by atoms with van der Waals surface area (Å²) >= 11 is 0. The van der Waals surface area contributed by atoms with Crippen LogP contribution in [0.15, 0.2) is 66.7 Å². The predicted molar refractivity (Wildman–Crippen MR) is 108 cm³/mol. The van der Waals surface area contributed by atoms with E-state index in [9.17, 15) is 14.4 Å². The molecule has 4 heteroatoms. The van der Waals surface area contributed by atoms with Crippen LogP contribution in [0.25, 0.3) is 0 Å². The third-order valence-corrected chi connectivity index (χ3v) is 5.02. The van der Waals surface area contributed by atoms with Gasteiger partial charge in [0.15, 0.2) is 11.6 Å². The molecule has 138 valence electrons. The Morgan fingerprint density at radius 2 is 1.32 bits per heavy atom. The second-order valence-corrected chi connectivity index (χ2v) is 7.20. The number of rotatable bonds is 3. The number of carbonyl (C=O) groups excluding carboxylic acids is 3. The van der Waals surface area contributed by atoms with Gasteiger partial charge in [0.1, 0.15) is 0 Å². The number of nitrogens with one attached hydrogen (secondary N) is 1. The maximum atomic E-state index is 12.8. The monoisotopic (exact) mass is 369 g/mol. The third-order valence-electron chi connectivity index (χ3n) is 5.02. The van der Waals surface area contributed by atoms with Crippen molar-refractivity contribution in [2.45, 2.75) is 19.8 Å². The van der Waals surface area contributed by atoms with Crippen LogP contribution in [0.4, 0.5) is 5.69 Å². The molecule has 0 aromatic heterocycles. The van der Waals surface area contributed by atoms with Crippen LogP contribution < -0.4 is 5.32 Å². The maximum absolute atomic E-state index is 12.8. The molecule has 0 atom stereocenters. The van der Waals surface area contributed by atoms with Crippen molar-refractivity contribution in [1.29, 1.82) is 0 Å². The number of fused-ring (bicyclic) bond motifs is 2. The zero-order valence-electron chi connectivity index (χ0n) is 15.7. The molecule has 0 radical (unpaired) electrons. The minimum Gasteiger partial charge on any atom is -0.322 e. The molecular weight excluding hydrogens is 350 g/mol. The minimum atomic E-state index is -0.259. The largest absolute Gasteiger partial charge is 0.322 e. The molecular formula is C24H19NO3. The molecule has 1 N–H and O–H groups in total. The Bertz CT molecular complexity index is 1110. The summed E-state index contributed by atoms with van der Waals surface area (Å²) in [6.07, 6.45) is 0. The number of hydrogen-bond acceptors (Lipinski definition) is 3.